The first-order valence-corrected chi connectivity index (χ1v) is 9.02. The van der Waals surface area contributed by atoms with E-state index in [-0.39, 0.29) is 11.5 Å². The number of halogens is 1. The molecule has 0 spiro atoms. The Balaban J connectivity index is 1.70. The molecule has 0 saturated heterocycles. The second kappa shape index (κ2) is 6.57. The van der Waals surface area contributed by atoms with E-state index in [0.29, 0.717) is 33.7 Å². The van der Waals surface area contributed by atoms with Crippen molar-refractivity contribution in [2.75, 3.05) is 5.32 Å². The molecule has 132 valence electrons. The molecule has 0 unspecified atom stereocenters. The van der Waals surface area contributed by atoms with Crippen LogP contribution in [-0.2, 0) is 13.0 Å². The van der Waals surface area contributed by atoms with Crippen LogP contribution < -0.4 is 10.9 Å². The second-order valence-corrected chi connectivity index (χ2v) is 7.02. The first-order valence-electron chi connectivity index (χ1n) is 8.64. The first kappa shape index (κ1) is 16.8. The molecule has 0 bridgehead atoms. The van der Waals surface area contributed by atoms with Crippen LogP contribution in [-0.4, -0.2) is 15.5 Å². The van der Waals surface area contributed by atoms with E-state index in [4.69, 9.17) is 11.6 Å². The number of benzene rings is 2. The third-order valence-corrected chi connectivity index (χ3v) is 5.01. The molecule has 1 aliphatic rings. The van der Waals surface area contributed by atoms with Gasteiger partial charge in [0.15, 0.2) is 0 Å². The summed E-state index contributed by atoms with van der Waals surface area (Å²) in [6.07, 6.45) is 2.82. The van der Waals surface area contributed by atoms with Crippen molar-refractivity contribution in [2.45, 2.75) is 32.7 Å². The monoisotopic (exact) mass is 367 g/mol. The van der Waals surface area contributed by atoms with E-state index < -0.39 is 0 Å². The van der Waals surface area contributed by atoms with E-state index >= 15 is 0 Å². The van der Waals surface area contributed by atoms with Crippen molar-refractivity contribution < 1.29 is 4.79 Å². The van der Waals surface area contributed by atoms with E-state index in [2.05, 4.69) is 10.3 Å². The van der Waals surface area contributed by atoms with Gasteiger partial charge in [0.1, 0.15) is 5.82 Å². The Morgan fingerprint density at radius 3 is 2.85 bits per heavy atom. The number of nitrogens with zero attached hydrogens (tertiary/aromatic N) is 2. The van der Waals surface area contributed by atoms with Gasteiger partial charge in [-0.3, -0.25) is 14.2 Å². The van der Waals surface area contributed by atoms with Crippen LogP contribution in [0.5, 0.6) is 0 Å². The molecule has 0 aliphatic carbocycles. The van der Waals surface area contributed by atoms with E-state index in [1.165, 1.54) is 0 Å². The highest BCUT2D eigenvalue weighted by Crippen LogP contribution is 2.24. The van der Waals surface area contributed by atoms with E-state index in [9.17, 15) is 9.59 Å². The number of aryl methyl sites for hydroxylation is 2. The molecule has 1 aliphatic heterocycles. The number of amides is 1. The Morgan fingerprint density at radius 1 is 1.19 bits per heavy atom. The average molecular weight is 368 g/mol. The molecule has 1 aromatic heterocycles. The molecule has 2 aromatic carbocycles. The lowest BCUT2D eigenvalue weighted by atomic mass is 10.1. The highest BCUT2D eigenvalue weighted by atomic mass is 35.5. The third kappa shape index (κ3) is 2.99. The minimum Gasteiger partial charge on any atom is -0.321 e. The number of carbonyl (C=O) groups excluding carboxylic acids is 1. The Hall–Kier alpha value is -2.66. The van der Waals surface area contributed by atoms with Crippen LogP contribution >= 0.6 is 11.6 Å². The van der Waals surface area contributed by atoms with E-state index in [1.807, 2.05) is 13.0 Å². The third-order valence-electron chi connectivity index (χ3n) is 4.70. The smallest absolute Gasteiger partial charge is 0.261 e. The maximum atomic E-state index is 12.6. The predicted octanol–water partition coefficient (Wildman–Crippen LogP) is 3.95. The number of hydrogen-bond donors (Lipinski definition) is 1. The van der Waals surface area contributed by atoms with Crippen LogP contribution in [0.3, 0.4) is 0 Å². The minimum absolute atomic E-state index is 0.0294. The number of hydrogen-bond acceptors (Lipinski definition) is 3. The van der Waals surface area contributed by atoms with Gasteiger partial charge in [0, 0.05) is 18.5 Å². The van der Waals surface area contributed by atoms with Gasteiger partial charge in [-0.05, 0) is 55.7 Å². The molecule has 3 aromatic rings. The van der Waals surface area contributed by atoms with Crippen molar-refractivity contribution in [1.82, 2.24) is 9.55 Å². The van der Waals surface area contributed by atoms with Crippen molar-refractivity contribution in [3.63, 3.8) is 0 Å². The van der Waals surface area contributed by atoms with Gasteiger partial charge in [0.2, 0.25) is 0 Å². The number of fused-ring (bicyclic) bond motifs is 2. The first-order chi connectivity index (χ1) is 12.5. The summed E-state index contributed by atoms with van der Waals surface area (Å²) in [4.78, 5) is 29.8. The highest BCUT2D eigenvalue weighted by molar-refractivity contribution is 6.34. The maximum absolute atomic E-state index is 12.6. The van der Waals surface area contributed by atoms with Gasteiger partial charge in [-0.1, -0.05) is 17.7 Å². The van der Waals surface area contributed by atoms with Crippen molar-refractivity contribution >= 4 is 34.1 Å². The fourth-order valence-electron chi connectivity index (χ4n) is 3.30. The average Bonchev–Trinajstić information content (AvgIpc) is 2.64. The molecule has 1 N–H and O–H groups in total. The minimum atomic E-state index is -0.280. The fourth-order valence-corrected chi connectivity index (χ4v) is 3.58. The standard InChI is InChI=1S/C20H18ClN3O2/c1-12-5-8-16(15(21)10-12)23-19(25)13-6-7-14-17(11-13)22-18-4-2-3-9-24(18)20(14)26/h5-8,10-11H,2-4,9H2,1H3,(H,23,25). The molecule has 2 heterocycles. The summed E-state index contributed by atoms with van der Waals surface area (Å²) in [7, 11) is 0. The normalized spacial score (nSPS) is 13.5. The van der Waals surface area contributed by atoms with Gasteiger partial charge >= 0.3 is 0 Å². The molecular weight excluding hydrogens is 350 g/mol. The molecule has 5 nitrogen and oxygen atoms in total. The molecule has 6 heteroatoms. The topological polar surface area (TPSA) is 64.0 Å². The summed E-state index contributed by atoms with van der Waals surface area (Å²) in [5.41, 5.74) is 2.56. The number of nitrogens with one attached hydrogen (secondary N) is 1. The lowest BCUT2D eigenvalue weighted by Gasteiger charge is -2.18. The summed E-state index contributed by atoms with van der Waals surface area (Å²) in [6.45, 7) is 2.65. The van der Waals surface area contributed by atoms with Crippen LogP contribution in [0.15, 0.2) is 41.2 Å². The summed E-state index contributed by atoms with van der Waals surface area (Å²) in [6, 6.07) is 10.5. The van der Waals surface area contributed by atoms with Crippen molar-refractivity contribution in [1.29, 1.82) is 0 Å². The van der Waals surface area contributed by atoms with Crippen molar-refractivity contribution in [3.8, 4) is 0 Å². The number of anilines is 1. The lowest BCUT2D eigenvalue weighted by Crippen LogP contribution is -2.28. The Kier molecular flexibility index (Phi) is 4.24. The van der Waals surface area contributed by atoms with Gasteiger partial charge in [-0.15, -0.1) is 0 Å². The summed E-state index contributed by atoms with van der Waals surface area (Å²) >= 11 is 6.19. The van der Waals surface area contributed by atoms with Crippen LogP contribution in [0.25, 0.3) is 10.9 Å². The highest BCUT2D eigenvalue weighted by Gasteiger charge is 2.16. The molecule has 0 saturated carbocycles. The maximum Gasteiger partial charge on any atom is 0.261 e. The quantitative estimate of drug-likeness (QED) is 0.746. The number of aromatic nitrogens is 2. The second-order valence-electron chi connectivity index (χ2n) is 6.61. The molecule has 0 radical (unpaired) electrons. The molecule has 1 amide bonds. The largest absolute Gasteiger partial charge is 0.321 e. The molecule has 26 heavy (non-hydrogen) atoms. The summed E-state index contributed by atoms with van der Waals surface area (Å²) < 4.78 is 1.75. The Labute approximate surface area is 155 Å². The van der Waals surface area contributed by atoms with Crippen LogP contribution in [0.1, 0.15) is 34.6 Å². The zero-order valence-corrected chi connectivity index (χ0v) is 15.1. The predicted molar refractivity (Wildman–Crippen MR) is 103 cm³/mol. The zero-order chi connectivity index (χ0) is 18.3. The number of carbonyl (C=O) groups is 1. The van der Waals surface area contributed by atoms with Gasteiger partial charge in [-0.25, -0.2) is 4.98 Å². The Morgan fingerprint density at radius 2 is 2.04 bits per heavy atom. The zero-order valence-electron chi connectivity index (χ0n) is 14.4. The van der Waals surface area contributed by atoms with Crippen LogP contribution in [0.2, 0.25) is 5.02 Å². The SMILES string of the molecule is Cc1ccc(NC(=O)c2ccc3c(=O)n4c(nc3c2)CCCC4)c(Cl)c1. The van der Waals surface area contributed by atoms with Crippen molar-refractivity contribution in [2.24, 2.45) is 0 Å². The molecular formula is C20H18ClN3O2. The van der Waals surface area contributed by atoms with Crippen LogP contribution in [0.4, 0.5) is 5.69 Å². The van der Waals surface area contributed by atoms with Crippen LogP contribution in [0, 0.1) is 6.92 Å². The van der Waals surface area contributed by atoms with Crippen molar-refractivity contribution in [3.05, 3.63) is 68.7 Å². The Bertz CT molecular complexity index is 1090. The fraction of sp³-hybridized carbons (Fsp3) is 0.250. The summed E-state index contributed by atoms with van der Waals surface area (Å²) in [5.74, 6) is 0.519. The lowest BCUT2D eigenvalue weighted by molar-refractivity contribution is 0.102. The molecule has 0 fully saturated rings. The number of rotatable bonds is 2. The van der Waals surface area contributed by atoms with Gasteiger partial charge < -0.3 is 5.32 Å². The molecule has 4 rings (SSSR count). The van der Waals surface area contributed by atoms with Gasteiger partial charge in [0.25, 0.3) is 11.5 Å². The van der Waals surface area contributed by atoms with E-state index in [1.54, 1.807) is 34.9 Å². The summed E-state index contributed by atoms with van der Waals surface area (Å²) in [5, 5.41) is 3.85. The van der Waals surface area contributed by atoms with E-state index in [0.717, 1.165) is 30.7 Å². The van der Waals surface area contributed by atoms with Gasteiger partial charge in [0.05, 0.1) is 21.6 Å². The molecule has 0 atom stereocenters. The van der Waals surface area contributed by atoms with Gasteiger partial charge in [-0.2, -0.15) is 0 Å².